The zero-order valence-corrected chi connectivity index (χ0v) is 14.8. The monoisotopic (exact) mass is 362 g/mol. The first-order chi connectivity index (χ1) is 13.2. The predicted molar refractivity (Wildman–Crippen MR) is 98.8 cm³/mol. The first kappa shape index (κ1) is 17.0. The maximum absolute atomic E-state index is 13.2. The van der Waals surface area contributed by atoms with Gasteiger partial charge in [-0.15, -0.1) is 5.10 Å². The second-order valence-electron chi connectivity index (χ2n) is 6.24. The molecule has 0 radical (unpaired) electrons. The summed E-state index contributed by atoms with van der Waals surface area (Å²) >= 11 is 0. The number of fused-ring (bicyclic) bond motifs is 2. The largest absolute Gasteiger partial charge is 0.463 e. The Hall–Kier alpha value is -3.48. The van der Waals surface area contributed by atoms with E-state index in [4.69, 9.17) is 0 Å². The fraction of sp³-hybridized carbons (Fsp3) is 0.200. The summed E-state index contributed by atoms with van der Waals surface area (Å²) in [6, 6.07) is 15.8. The highest BCUT2D eigenvalue weighted by Crippen LogP contribution is 2.36. The van der Waals surface area contributed by atoms with Crippen molar-refractivity contribution in [2.45, 2.75) is 19.4 Å². The number of hydrogen-bond donors (Lipinski definition) is 0. The minimum atomic E-state index is -0.633. The van der Waals surface area contributed by atoms with Crippen molar-refractivity contribution in [2.75, 3.05) is 12.0 Å². The molecule has 3 aromatic rings. The summed E-state index contributed by atoms with van der Waals surface area (Å²) in [5, 5.41) is 4.03. The molecule has 1 aromatic heterocycles. The molecule has 2 aromatic carbocycles. The van der Waals surface area contributed by atoms with Crippen LogP contribution in [0.2, 0.25) is 0 Å². The molecule has 0 aliphatic carbocycles. The van der Waals surface area contributed by atoms with Crippen molar-refractivity contribution in [1.82, 2.24) is 14.8 Å². The molecule has 0 saturated heterocycles. The minimum absolute atomic E-state index is 0.0351. The Morgan fingerprint density at radius 1 is 1.00 bits per heavy atom. The number of benzene rings is 2. The Labute approximate surface area is 156 Å². The van der Waals surface area contributed by atoms with Crippen LogP contribution in [0.3, 0.4) is 0 Å². The normalized spacial score (nSPS) is 12.7. The van der Waals surface area contributed by atoms with Crippen LogP contribution in [0.1, 0.15) is 21.7 Å². The van der Waals surface area contributed by atoms with Gasteiger partial charge in [0, 0.05) is 0 Å². The fourth-order valence-corrected chi connectivity index (χ4v) is 3.31. The van der Waals surface area contributed by atoms with Gasteiger partial charge in [0.15, 0.2) is 0 Å². The van der Waals surface area contributed by atoms with E-state index < -0.39 is 5.97 Å². The fourth-order valence-electron chi connectivity index (χ4n) is 3.31. The molecule has 0 N–H and O–H groups in total. The number of esters is 1. The van der Waals surface area contributed by atoms with Gasteiger partial charge >= 0.3 is 5.97 Å². The third-order valence-corrected chi connectivity index (χ3v) is 4.58. The first-order valence-corrected chi connectivity index (χ1v) is 8.64. The van der Waals surface area contributed by atoms with Crippen LogP contribution >= 0.6 is 0 Å². The van der Waals surface area contributed by atoms with Gasteiger partial charge in [-0.05, 0) is 36.1 Å². The highest BCUT2D eigenvalue weighted by molar-refractivity contribution is 6.02. The van der Waals surface area contributed by atoms with Crippen LogP contribution in [0.25, 0.3) is 0 Å². The van der Waals surface area contributed by atoms with Crippen molar-refractivity contribution in [3.8, 4) is 0 Å². The number of nitrogens with zero attached hydrogens (tertiary/aromatic N) is 4. The van der Waals surface area contributed by atoms with E-state index in [9.17, 15) is 9.59 Å². The molecule has 0 fully saturated rings. The molecule has 0 atom stereocenters. The van der Waals surface area contributed by atoms with Gasteiger partial charge < -0.3 is 4.74 Å². The number of rotatable bonds is 3. The molecule has 0 spiro atoms. The second kappa shape index (κ2) is 7.03. The van der Waals surface area contributed by atoms with Crippen LogP contribution < -0.4 is 4.90 Å². The van der Waals surface area contributed by atoms with Crippen LogP contribution in [0.15, 0.2) is 54.9 Å². The molecule has 136 valence electrons. The third-order valence-electron chi connectivity index (χ3n) is 4.58. The molecule has 7 heteroatoms. The van der Waals surface area contributed by atoms with Crippen molar-refractivity contribution in [1.29, 1.82) is 0 Å². The van der Waals surface area contributed by atoms with Gasteiger partial charge in [-0.1, -0.05) is 36.4 Å². The smallest absolute Gasteiger partial charge is 0.377 e. The van der Waals surface area contributed by atoms with Crippen molar-refractivity contribution >= 4 is 23.3 Å². The summed E-state index contributed by atoms with van der Waals surface area (Å²) < 4.78 is 5.96. The summed E-state index contributed by atoms with van der Waals surface area (Å²) in [5.41, 5.74) is 3.99. The topological polar surface area (TPSA) is 77.3 Å². The van der Waals surface area contributed by atoms with Crippen molar-refractivity contribution in [3.05, 3.63) is 71.8 Å². The maximum Gasteiger partial charge on any atom is 0.377 e. The number of carbonyl (C=O) groups excluding carboxylic acids is 2. The molecule has 1 aliphatic rings. The molecule has 1 amide bonds. The summed E-state index contributed by atoms with van der Waals surface area (Å²) in [6.45, 7) is -0.0351. The lowest BCUT2D eigenvalue weighted by Gasteiger charge is -2.24. The number of para-hydroxylation sites is 2. The van der Waals surface area contributed by atoms with Crippen molar-refractivity contribution in [2.24, 2.45) is 0 Å². The zero-order chi connectivity index (χ0) is 18.8. The van der Waals surface area contributed by atoms with Gasteiger partial charge in [0.2, 0.25) is 0 Å². The van der Waals surface area contributed by atoms with Gasteiger partial charge in [0.05, 0.1) is 18.5 Å². The number of anilines is 2. The standard InChI is InChI=1S/C20H18N4O3/c1-27-20(26)19-21-13-23(22-19)12-18(25)24-16-8-4-2-6-14(16)10-11-15-7-3-5-9-17(15)24/h2-9,13H,10-12H2,1H3. The molecule has 7 nitrogen and oxygen atoms in total. The maximum atomic E-state index is 13.2. The van der Waals surface area contributed by atoms with Gasteiger partial charge in [0.25, 0.3) is 11.7 Å². The molecule has 4 rings (SSSR count). The molecule has 27 heavy (non-hydrogen) atoms. The van der Waals surface area contributed by atoms with E-state index in [1.165, 1.54) is 18.1 Å². The van der Waals surface area contributed by atoms with Gasteiger partial charge in [-0.3, -0.25) is 9.69 Å². The van der Waals surface area contributed by atoms with E-state index in [-0.39, 0.29) is 18.3 Å². The van der Waals surface area contributed by atoms with E-state index >= 15 is 0 Å². The van der Waals surface area contributed by atoms with Gasteiger partial charge in [-0.2, -0.15) is 0 Å². The van der Waals surface area contributed by atoms with E-state index in [0.717, 1.165) is 35.3 Å². The molecule has 0 saturated carbocycles. The number of aryl methyl sites for hydroxylation is 2. The number of methoxy groups -OCH3 is 1. The van der Waals surface area contributed by atoms with Crippen LogP contribution in [-0.2, 0) is 28.9 Å². The van der Waals surface area contributed by atoms with Crippen LogP contribution in [-0.4, -0.2) is 33.8 Å². The summed E-state index contributed by atoms with van der Waals surface area (Å²) in [4.78, 5) is 30.4. The molecular weight excluding hydrogens is 344 g/mol. The SMILES string of the molecule is COC(=O)c1ncn(CC(=O)N2c3ccccc3CCc3ccccc32)n1. The Kier molecular flexibility index (Phi) is 4.42. The highest BCUT2D eigenvalue weighted by atomic mass is 16.5. The minimum Gasteiger partial charge on any atom is -0.463 e. The Balaban J connectivity index is 1.70. The van der Waals surface area contributed by atoms with Gasteiger partial charge in [-0.25, -0.2) is 14.5 Å². The Morgan fingerprint density at radius 3 is 2.19 bits per heavy atom. The van der Waals surface area contributed by atoms with Crippen LogP contribution in [0.5, 0.6) is 0 Å². The van der Waals surface area contributed by atoms with E-state index in [1.807, 2.05) is 48.5 Å². The summed E-state index contributed by atoms with van der Waals surface area (Å²) in [5.74, 6) is -0.855. The van der Waals surface area contributed by atoms with Gasteiger partial charge in [0.1, 0.15) is 12.9 Å². The van der Waals surface area contributed by atoms with Crippen LogP contribution in [0.4, 0.5) is 11.4 Å². The van der Waals surface area contributed by atoms with Crippen molar-refractivity contribution in [3.63, 3.8) is 0 Å². The first-order valence-electron chi connectivity index (χ1n) is 8.64. The average molecular weight is 362 g/mol. The van der Waals surface area contributed by atoms with E-state index in [2.05, 4.69) is 14.8 Å². The van der Waals surface area contributed by atoms with E-state index in [0.29, 0.717) is 0 Å². The third kappa shape index (κ3) is 3.19. The molecule has 0 bridgehead atoms. The molecule has 2 heterocycles. The molecular formula is C20H18N4O3. The number of amides is 1. The lowest BCUT2D eigenvalue weighted by molar-refractivity contribution is -0.118. The number of carbonyl (C=O) groups is 2. The Bertz CT molecular complexity index is 964. The van der Waals surface area contributed by atoms with Crippen LogP contribution in [0, 0.1) is 0 Å². The Morgan fingerprint density at radius 2 is 1.59 bits per heavy atom. The lowest BCUT2D eigenvalue weighted by Crippen LogP contribution is -2.30. The highest BCUT2D eigenvalue weighted by Gasteiger charge is 2.26. The number of ether oxygens (including phenoxy) is 1. The van der Waals surface area contributed by atoms with E-state index in [1.54, 1.807) is 4.90 Å². The predicted octanol–water partition coefficient (Wildman–Crippen LogP) is 2.53. The summed E-state index contributed by atoms with van der Waals surface area (Å²) in [7, 11) is 1.26. The molecule has 1 aliphatic heterocycles. The zero-order valence-electron chi connectivity index (χ0n) is 14.8. The molecule has 0 unspecified atom stereocenters. The summed E-state index contributed by atoms with van der Waals surface area (Å²) in [6.07, 6.45) is 3.10. The average Bonchev–Trinajstić information content (AvgIpc) is 3.08. The van der Waals surface area contributed by atoms with Crippen molar-refractivity contribution < 1.29 is 14.3 Å². The second-order valence-corrected chi connectivity index (χ2v) is 6.24. The number of aromatic nitrogens is 3. The number of hydrogen-bond acceptors (Lipinski definition) is 5. The quantitative estimate of drug-likeness (QED) is 0.669. The lowest BCUT2D eigenvalue weighted by atomic mass is 10.0.